The predicted octanol–water partition coefficient (Wildman–Crippen LogP) is 4.05. The summed E-state index contributed by atoms with van der Waals surface area (Å²) in [4.78, 5) is -0.0826. The summed E-state index contributed by atoms with van der Waals surface area (Å²) < 4.78 is 27.5. The minimum Gasteiger partial charge on any atom is -0.211 e. The number of nitrogens with one attached hydrogen (secondary N) is 1. The molecule has 1 fully saturated rings. The average Bonchev–Trinajstić information content (AvgIpc) is 2.20. The zero-order valence-electron chi connectivity index (χ0n) is 9.67. The summed E-state index contributed by atoms with van der Waals surface area (Å²) in [6.45, 7) is 0.355. The normalized spacial score (nSPS) is 23.2. The van der Waals surface area contributed by atoms with Crippen LogP contribution in [0, 0.1) is 5.92 Å². The molecule has 1 aliphatic rings. The number of halogens is 4. The molecular formula is C11H11BrCl3NO2S. The zero-order valence-corrected chi connectivity index (χ0v) is 14.3. The molecule has 0 bridgehead atoms. The molecule has 1 aromatic carbocycles. The molecule has 0 aromatic heterocycles. The van der Waals surface area contributed by atoms with Gasteiger partial charge in [-0.25, -0.2) is 13.1 Å². The van der Waals surface area contributed by atoms with Crippen LogP contribution in [-0.2, 0) is 10.0 Å². The maximum absolute atomic E-state index is 12.2. The lowest BCUT2D eigenvalue weighted by molar-refractivity contribution is 0.324. The molecule has 3 nitrogen and oxygen atoms in total. The summed E-state index contributed by atoms with van der Waals surface area (Å²) in [6.07, 6.45) is 1.65. The van der Waals surface area contributed by atoms with Crippen LogP contribution in [0.2, 0.25) is 10.0 Å². The third-order valence-corrected chi connectivity index (χ3v) is 6.13. The highest BCUT2D eigenvalue weighted by Crippen LogP contribution is 2.34. The van der Waals surface area contributed by atoms with Crippen molar-refractivity contribution < 1.29 is 8.42 Å². The second-order valence-electron chi connectivity index (χ2n) is 4.49. The molecule has 2 rings (SSSR count). The number of alkyl halides is 1. The third-order valence-electron chi connectivity index (χ3n) is 2.97. The first kappa shape index (κ1) is 15.9. The zero-order chi connectivity index (χ0) is 14.2. The largest absolute Gasteiger partial charge is 0.243 e. The van der Waals surface area contributed by atoms with Crippen molar-refractivity contribution in [2.75, 3.05) is 6.54 Å². The van der Waals surface area contributed by atoms with E-state index in [4.69, 9.17) is 34.8 Å². The molecule has 0 aliphatic heterocycles. The van der Waals surface area contributed by atoms with Gasteiger partial charge in [-0.3, -0.25) is 0 Å². The van der Waals surface area contributed by atoms with Crippen LogP contribution in [0.5, 0.6) is 0 Å². The molecule has 1 aromatic rings. The molecule has 0 unspecified atom stereocenters. The highest BCUT2D eigenvalue weighted by Gasteiger charge is 2.29. The maximum Gasteiger partial charge on any atom is 0.243 e. The molecule has 8 heteroatoms. The molecule has 0 heterocycles. The monoisotopic (exact) mass is 405 g/mol. The van der Waals surface area contributed by atoms with Crippen LogP contribution in [0.15, 0.2) is 21.5 Å². The Balaban J connectivity index is 2.15. The molecule has 0 radical (unpaired) electrons. The van der Waals surface area contributed by atoms with E-state index in [1.54, 1.807) is 0 Å². The second kappa shape index (κ2) is 6.08. The van der Waals surface area contributed by atoms with Gasteiger partial charge in [0.25, 0.3) is 0 Å². The van der Waals surface area contributed by atoms with Crippen molar-refractivity contribution in [1.82, 2.24) is 4.72 Å². The van der Waals surface area contributed by atoms with Gasteiger partial charge in [-0.15, -0.1) is 11.6 Å². The Hall–Kier alpha value is 0.480. The minimum atomic E-state index is -3.70. The van der Waals surface area contributed by atoms with Gasteiger partial charge in [0.15, 0.2) is 0 Å². The van der Waals surface area contributed by atoms with Gasteiger partial charge in [0, 0.05) is 16.4 Å². The smallest absolute Gasteiger partial charge is 0.211 e. The van der Waals surface area contributed by atoms with Gasteiger partial charge < -0.3 is 0 Å². The maximum atomic E-state index is 12.2. The lowest BCUT2D eigenvalue weighted by Gasteiger charge is -2.30. The Morgan fingerprint density at radius 1 is 1.26 bits per heavy atom. The van der Waals surface area contributed by atoms with Gasteiger partial charge in [-0.1, -0.05) is 39.1 Å². The van der Waals surface area contributed by atoms with Gasteiger partial charge in [0.1, 0.15) is 4.90 Å². The molecule has 1 aliphatic carbocycles. The van der Waals surface area contributed by atoms with E-state index in [0.717, 1.165) is 12.8 Å². The number of rotatable bonds is 4. The fraction of sp³-hybridized carbons (Fsp3) is 0.455. The Morgan fingerprint density at radius 3 is 2.26 bits per heavy atom. The van der Waals surface area contributed by atoms with Gasteiger partial charge in [-0.2, -0.15) is 0 Å². The Kier molecular flexibility index (Phi) is 5.07. The summed E-state index contributed by atoms with van der Waals surface area (Å²) in [5.41, 5.74) is 0. The van der Waals surface area contributed by atoms with Crippen LogP contribution in [0.1, 0.15) is 12.8 Å². The molecule has 0 saturated heterocycles. The lowest BCUT2D eigenvalue weighted by atomic mass is 9.85. The first-order chi connectivity index (χ1) is 8.79. The van der Waals surface area contributed by atoms with E-state index < -0.39 is 10.0 Å². The quantitative estimate of drug-likeness (QED) is 0.766. The molecule has 19 heavy (non-hydrogen) atoms. The fourth-order valence-corrected chi connectivity index (χ4v) is 5.46. The van der Waals surface area contributed by atoms with Crippen LogP contribution >= 0.6 is 50.7 Å². The van der Waals surface area contributed by atoms with E-state index in [-0.39, 0.29) is 26.2 Å². The van der Waals surface area contributed by atoms with Crippen LogP contribution < -0.4 is 4.72 Å². The summed E-state index contributed by atoms with van der Waals surface area (Å²) in [5, 5.41) is 0.348. The summed E-state index contributed by atoms with van der Waals surface area (Å²) in [6, 6.07) is 3.00. The molecule has 106 valence electrons. The van der Waals surface area contributed by atoms with Crippen molar-refractivity contribution >= 4 is 60.8 Å². The van der Waals surface area contributed by atoms with Crippen molar-refractivity contribution in [1.29, 1.82) is 0 Å². The summed E-state index contributed by atoms with van der Waals surface area (Å²) in [7, 11) is -3.70. The SMILES string of the molecule is O=S(=O)(NCC1CC(Cl)C1)c1c(Cl)cc(Br)cc1Cl. The predicted molar refractivity (Wildman–Crippen MR) is 81.7 cm³/mol. The fourth-order valence-electron chi connectivity index (χ4n) is 1.91. The van der Waals surface area contributed by atoms with Crippen molar-refractivity contribution in [2.45, 2.75) is 23.1 Å². The highest BCUT2D eigenvalue weighted by molar-refractivity contribution is 9.10. The van der Waals surface area contributed by atoms with E-state index in [1.807, 2.05) is 0 Å². The number of benzene rings is 1. The first-order valence-electron chi connectivity index (χ1n) is 5.58. The minimum absolute atomic E-state index is 0.0826. The first-order valence-corrected chi connectivity index (χ1v) is 9.04. The van der Waals surface area contributed by atoms with Crippen LogP contribution in [0.25, 0.3) is 0 Å². The number of sulfonamides is 1. The number of hydrogen-bond donors (Lipinski definition) is 1. The topological polar surface area (TPSA) is 46.2 Å². The second-order valence-corrected chi connectivity index (χ2v) is 8.54. The van der Waals surface area contributed by atoms with Crippen molar-refractivity contribution in [3.8, 4) is 0 Å². The summed E-state index contributed by atoms with van der Waals surface area (Å²) >= 11 is 21.0. The molecule has 0 amide bonds. The van der Waals surface area contributed by atoms with Crippen LogP contribution in [0.4, 0.5) is 0 Å². The van der Waals surface area contributed by atoms with Crippen molar-refractivity contribution in [2.24, 2.45) is 5.92 Å². The summed E-state index contributed by atoms with van der Waals surface area (Å²) in [5.74, 6) is 0.283. The standard InChI is InChI=1S/C11H11BrCl3NO2S/c12-7-3-9(14)11(10(15)4-7)19(17,18)16-5-6-1-8(13)2-6/h3-4,6,8,16H,1-2,5H2. The van der Waals surface area contributed by atoms with E-state index in [2.05, 4.69) is 20.7 Å². The lowest BCUT2D eigenvalue weighted by Crippen LogP contribution is -2.36. The van der Waals surface area contributed by atoms with E-state index >= 15 is 0 Å². The Bertz CT molecular complexity index is 565. The van der Waals surface area contributed by atoms with Gasteiger partial charge in [0.2, 0.25) is 10.0 Å². The van der Waals surface area contributed by atoms with Gasteiger partial charge in [-0.05, 0) is 30.9 Å². The van der Waals surface area contributed by atoms with Gasteiger partial charge >= 0.3 is 0 Å². The third kappa shape index (κ3) is 3.77. The Labute approximate surface area is 135 Å². The number of hydrogen-bond acceptors (Lipinski definition) is 2. The molecule has 0 spiro atoms. The molecule has 0 atom stereocenters. The van der Waals surface area contributed by atoms with E-state index in [1.165, 1.54) is 12.1 Å². The molecule has 1 N–H and O–H groups in total. The van der Waals surface area contributed by atoms with Gasteiger partial charge in [0.05, 0.1) is 10.0 Å². The van der Waals surface area contributed by atoms with E-state index in [9.17, 15) is 8.42 Å². The molecule has 1 saturated carbocycles. The molecular weight excluding hydrogens is 396 g/mol. The highest BCUT2D eigenvalue weighted by atomic mass is 79.9. The Morgan fingerprint density at radius 2 is 1.79 bits per heavy atom. The van der Waals surface area contributed by atoms with Crippen LogP contribution in [0.3, 0.4) is 0 Å². The van der Waals surface area contributed by atoms with Crippen molar-refractivity contribution in [3.63, 3.8) is 0 Å². The van der Waals surface area contributed by atoms with E-state index in [0.29, 0.717) is 11.0 Å². The van der Waals surface area contributed by atoms with Crippen molar-refractivity contribution in [3.05, 3.63) is 26.7 Å². The average molecular weight is 408 g/mol. The van der Waals surface area contributed by atoms with Crippen LogP contribution in [-0.4, -0.2) is 20.3 Å².